The first kappa shape index (κ1) is 15.3. The zero-order valence-electron chi connectivity index (χ0n) is 12.3. The van der Waals surface area contributed by atoms with Crippen LogP contribution in [-0.4, -0.2) is 39.1 Å². The molecule has 0 bridgehead atoms. The molecule has 20 heavy (non-hydrogen) atoms. The van der Waals surface area contributed by atoms with E-state index in [-0.39, 0.29) is 5.75 Å². The van der Waals surface area contributed by atoms with Crippen molar-refractivity contribution >= 4 is 15.5 Å². The molecular weight excluding hydrogens is 272 g/mol. The van der Waals surface area contributed by atoms with E-state index in [0.29, 0.717) is 18.3 Å². The Balaban J connectivity index is 1.99. The Bertz CT molecular complexity index is 523. The molecule has 1 N–H and O–H groups in total. The van der Waals surface area contributed by atoms with Crippen molar-refractivity contribution in [2.24, 2.45) is 0 Å². The second kappa shape index (κ2) is 6.59. The maximum atomic E-state index is 11.6. The van der Waals surface area contributed by atoms with Gasteiger partial charge in [-0.1, -0.05) is 26.0 Å². The van der Waals surface area contributed by atoms with E-state index in [1.165, 1.54) is 5.56 Å². The van der Waals surface area contributed by atoms with Crippen molar-refractivity contribution in [2.45, 2.75) is 32.9 Å². The molecule has 1 saturated heterocycles. The van der Waals surface area contributed by atoms with E-state index in [4.69, 9.17) is 0 Å². The summed E-state index contributed by atoms with van der Waals surface area (Å²) in [5.41, 5.74) is 2.38. The highest BCUT2D eigenvalue weighted by atomic mass is 32.2. The summed E-state index contributed by atoms with van der Waals surface area (Å²) in [4.78, 5) is 2.17. The molecule has 2 rings (SSSR count). The molecule has 1 fully saturated rings. The molecule has 1 heterocycles. The summed E-state index contributed by atoms with van der Waals surface area (Å²) in [6.45, 7) is 6.55. The molecule has 4 nitrogen and oxygen atoms in total. The van der Waals surface area contributed by atoms with Gasteiger partial charge in [0.15, 0.2) is 9.84 Å². The minimum Gasteiger partial charge on any atom is -0.370 e. The van der Waals surface area contributed by atoms with Crippen molar-refractivity contribution in [2.75, 3.05) is 29.5 Å². The molecule has 0 saturated carbocycles. The first-order chi connectivity index (χ1) is 9.46. The maximum absolute atomic E-state index is 11.6. The Labute approximate surface area is 122 Å². The van der Waals surface area contributed by atoms with Crippen LogP contribution in [0.2, 0.25) is 0 Å². The Hall–Kier alpha value is -1.07. The van der Waals surface area contributed by atoms with Crippen LogP contribution < -0.4 is 10.2 Å². The normalized spacial score (nSPS) is 19.1. The van der Waals surface area contributed by atoms with E-state index >= 15 is 0 Å². The monoisotopic (exact) mass is 296 g/mol. The van der Waals surface area contributed by atoms with Crippen LogP contribution in [0.4, 0.5) is 5.69 Å². The molecule has 1 aromatic carbocycles. The Morgan fingerprint density at radius 1 is 1.15 bits per heavy atom. The fourth-order valence-corrected chi connectivity index (χ4v) is 3.61. The molecule has 0 atom stereocenters. The molecule has 1 aromatic rings. The highest BCUT2D eigenvalue weighted by Gasteiger charge is 2.19. The van der Waals surface area contributed by atoms with Crippen LogP contribution in [0.3, 0.4) is 0 Å². The number of benzene rings is 1. The largest absolute Gasteiger partial charge is 0.370 e. The van der Waals surface area contributed by atoms with Gasteiger partial charge in [-0.05, 0) is 24.1 Å². The van der Waals surface area contributed by atoms with Gasteiger partial charge in [0, 0.05) is 31.4 Å². The summed E-state index contributed by atoms with van der Waals surface area (Å²) in [6.07, 6.45) is 0.721. The molecule has 0 amide bonds. The van der Waals surface area contributed by atoms with Gasteiger partial charge in [0.1, 0.15) is 0 Å². The van der Waals surface area contributed by atoms with Gasteiger partial charge in [0.2, 0.25) is 0 Å². The molecule has 1 aliphatic rings. The molecule has 1 aliphatic heterocycles. The molecule has 0 unspecified atom stereocenters. The third-order valence-corrected chi connectivity index (χ3v) is 5.29. The summed E-state index contributed by atoms with van der Waals surface area (Å²) in [6, 6.07) is 8.89. The number of hydrogen-bond donors (Lipinski definition) is 1. The van der Waals surface area contributed by atoms with Crippen molar-refractivity contribution in [3.63, 3.8) is 0 Å². The topological polar surface area (TPSA) is 49.4 Å². The summed E-state index contributed by atoms with van der Waals surface area (Å²) in [5, 5.41) is 3.39. The van der Waals surface area contributed by atoms with Crippen LogP contribution in [-0.2, 0) is 16.4 Å². The number of rotatable bonds is 4. The van der Waals surface area contributed by atoms with Gasteiger partial charge in [-0.15, -0.1) is 0 Å². The van der Waals surface area contributed by atoms with Crippen molar-refractivity contribution in [3.05, 3.63) is 29.8 Å². The lowest BCUT2D eigenvalue weighted by Crippen LogP contribution is -2.26. The van der Waals surface area contributed by atoms with Crippen LogP contribution >= 0.6 is 0 Å². The molecule has 112 valence electrons. The maximum Gasteiger partial charge on any atom is 0.152 e. The predicted molar refractivity (Wildman–Crippen MR) is 83.9 cm³/mol. The lowest BCUT2D eigenvalue weighted by Gasteiger charge is -2.22. The van der Waals surface area contributed by atoms with Gasteiger partial charge < -0.3 is 10.2 Å². The van der Waals surface area contributed by atoms with E-state index in [0.717, 1.165) is 25.2 Å². The van der Waals surface area contributed by atoms with Crippen molar-refractivity contribution in [3.8, 4) is 0 Å². The molecule has 0 aromatic heterocycles. The number of nitrogens with one attached hydrogen (secondary N) is 1. The average Bonchev–Trinajstić information content (AvgIpc) is 2.58. The number of sulfone groups is 1. The van der Waals surface area contributed by atoms with E-state index in [9.17, 15) is 8.42 Å². The van der Waals surface area contributed by atoms with E-state index < -0.39 is 9.84 Å². The van der Waals surface area contributed by atoms with Crippen LogP contribution in [0.25, 0.3) is 0 Å². The van der Waals surface area contributed by atoms with E-state index in [1.54, 1.807) is 0 Å². The highest BCUT2D eigenvalue weighted by Crippen LogP contribution is 2.18. The van der Waals surface area contributed by atoms with Gasteiger partial charge in [-0.25, -0.2) is 8.42 Å². The minimum atomic E-state index is -2.84. The molecule has 0 spiro atoms. The second-order valence-electron chi connectivity index (χ2n) is 5.69. The predicted octanol–water partition coefficient (Wildman–Crippen LogP) is 1.81. The highest BCUT2D eigenvalue weighted by molar-refractivity contribution is 7.91. The van der Waals surface area contributed by atoms with Crippen LogP contribution in [0.5, 0.6) is 0 Å². The Kier molecular flexibility index (Phi) is 5.05. The number of hydrogen-bond acceptors (Lipinski definition) is 4. The molecular formula is C15H24N2O2S. The summed E-state index contributed by atoms with van der Waals surface area (Å²) in [5.74, 6) is 0.587. The third kappa shape index (κ3) is 4.49. The van der Waals surface area contributed by atoms with Gasteiger partial charge in [-0.2, -0.15) is 0 Å². The first-order valence-corrected chi connectivity index (χ1v) is 9.06. The van der Waals surface area contributed by atoms with Gasteiger partial charge in [-0.3, -0.25) is 0 Å². The standard InChI is InChI=1S/C15H24N2O2S/c1-13(2)16-12-14-4-6-15(7-5-14)17-8-3-10-20(18,19)11-9-17/h4-7,13,16H,3,8-12H2,1-2H3. The van der Waals surface area contributed by atoms with Gasteiger partial charge in [0.05, 0.1) is 11.5 Å². The molecule has 5 heteroatoms. The smallest absolute Gasteiger partial charge is 0.152 e. The summed E-state index contributed by atoms with van der Waals surface area (Å²) < 4.78 is 23.2. The summed E-state index contributed by atoms with van der Waals surface area (Å²) >= 11 is 0. The SMILES string of the molecule is CC(C)NCc1ccc(N2CCCS(=O)(=O)CC2)cc1. The summed E-state index contributed by atoms with van der Waals surface area (Å²) in [7, 11) is -2.84. The van der Waals surface area contributed by atoms with Gasteiger partial charge in [0.25, 0.3) is 0 Å². The molecule has 0 aliphatic carbocycles. The lowest BCUT2D eigenvalue weighted by molar-refractivity contribution is 0.589. The Morgan fingerprint density at radius 2 is 1.85 bits per heavy atom. The van der Waals surface area contributed by atoms with E-state index in [2.05, 4.69) is 48.3 Å². The lowest BCUT2D eigenvalue weighted by atomic mass is 10.2. The third-order valence-electron chi connectivity index (χ3n) is 3.57. The van der Waals surface area contributed by atoms with Crippen LogP contribution in [0.1, 0.15) is 25.8 Å². The van der Waals surface area contributed by atoms with Crippen LogP contribution in [0.15, 0.2) is 24.3 Å². The second-order valence-corrected chi connectivity index (χ2v) is 8.00. The fourth-order valence-electron chi connectivity index (χ4n) is 2.34. The zero-order valence-corrected chi connectivity index (χ0v) is 13.1. The van der Waals surface area contributed by atoms with Crippen molar-refractivity contribution in [1.29, 1.82) is 0 Å². The quantitative estimate of drug-likeness (QED) is 0.920. The van der Waals surface area contributed by atoms with Gasteiger partial charge >= 0.3 is 0 Å². The molecule has 0 radical (unpaired) electrons. The van der Waals surface area contributed by atoms with E-state index in [1.807, 2.05) is 0 Å². The Morgan fingerprint density at radius 3 is 2.50 bits per heavy atom. The fraction of sp³-hybridized carbons (Fsp3) is 0.600. The van der Waals surface area contributed by atoms with Crippen LogP contribution in [0, 0.1) is 0 Å². The number of nitrogens with zero attached hydrogens (tertiary/aromatic N) is 1. The van der Waals surface area contributed by atoms with Crippen molar-refractivity contribution in [1.82, 2.24) is 5.32 Å². The number of anilines is 1. The van der Waals surface area contributed by atoms with Crippen molar-refractivity contribution < 1.29 is 8.42 Å². The average molecular weight is 296 g/mol. The zero-order chi connectivity index (χ0) is 14.6. The minimum absolute atomic E-state index is 0.268. The first-order valence-electron chi connectivity index (χ1n) is 7.24.